The molecular formula is C18H21BrN4O. The quantitative estimate of drug-likeness (QED) is 0.873. The van der Waals surface area contributed by atoms with Gasteiger partial charge in [0, 0.05) is 41.9 Å². The van der Waals surface area contributed by atoms with Gasteiger partial charge in [0.15, 0.2) is 0 Å². The summed E-state index contributed by atoms with van der Waals surface area (Å²) in [5.74, 6) is 0.973. The second-order valence-corrected chi connectivity index (χ2v) is 7.02. The number of anilines is 1. The van der Waals surface area contributed by atoms with Crippen molar-refractivity contribution in [1.82, 2.24) is 15.3 Å². The minimum absolute atomic E-state index is 0.0678. The molecule has 0 radical (unpaired) electrons. The van der Waals surface area contributed by atoms with Gasteiger partial charge in [-0.2, -0.15) is 0 Å². The van der Waals surface area contributed by atoms with Crippen molar-refractivity contribution in [3.63, 3.8) is 0 Å². The largest absolute Gasteiger partial charge is 0.352 e. The highest BCUT2D eigenvalue weighted by Gasteiger charge is 2.25. The first-order chi connectivity index (χ1) is 11.6. The molecule has 0 saturated carbocycles. The summed E-state index contributed by atoms with van der Waals surface area (Å²) in [6.07, 6.45) is 3.46. The summed E-state index contributed by atoms with van der Waals surface area (Å²) < 4.78 is 1.03. The van der Waals surface area contributed by atoms with Crippen LogP contribution in [0, 0.1) is 12.8 Å². The van der Waals surface area contributed by atoms with Crippen LogP contribution in [0.2, 0.25) is 0 Å². The SMILES string of the molecule is Cc1ccnc(N2CCC(C(=O)NCc3cccc(Br)c3)CC2)n1. The molecule has 1 aliphatic rings. The summed E-state index contributed by atoms with van der Waals surface area (Å²) in [6.45, 7) is 4.17. The van der Waals surface area contributed by atoms with Crippen LogP contribution in [0.15, 0.2) is 41.0 Å². The number of nitrogens with one attached hydrogen (secondary N) is 1. The van der Waals surface area contributed by atoms with Crippen molar-refractivity contribution in [2.24, 2.45) is 5.92 Å². The Labute approximate surface area is 150 Å². The number of rotatable bonds is 4. The van der Waals surface area contributed by atoms with Crippen LogP contribution >= 0.6 is 15.9 Å². The highest BCUT2D eigenvalue weighted by Crippen LogP contribution is 2.21. The van der Waals surface area contributed by atoms with Gasteiger partial charge in [-0.15, -0.1) is 0 Å². The minimum Gasteiger partial charge on any atom is -0.352 e. The third-order valence-electron chi connectivity index (χ3n) is 4.29. The van der Waals surface area contributed by atoms with Gasteiger partial charge >= 0.3 is 0 Å². The fraction of sp³-hybridized carbons (Fsp3) is 0.389. The second kappa shape index (κ2) is 7.75. The molecule has 1 saturated heterocycles. The molecule has 0 bridgehead atoms. The zero-order valence-corrected chi connectivity index (χ0v) is 15.3. The smallest absolute Gasteiger partial charge is 0.225 e. The first kappa shape index (κ1) is 16.9. The van der Waals surface area contributed by atoms with Gasteiger partial charge in [-0.3, -0.25) is 4.79 Å². The molecule has 126 valence electrons. The molecular weight excluding hydrogens is 368 g/mol. The lowest BCUT2D eigenvalue weighted by atomic mass is 9.96. The van der Waals surface area contributed by atoms with E-state index in [0.717, 1.165) is 47.6 Å². The number of carbonyl (C=O) groups is 1. The minimum atomic E-state index is 0.0678. The fourth-order valence-corrected chi connectivity index (χ4v) is 3.36. The third-order valence-corrected chi connectivity index (χ3v) is 4.78. The molecule has 1 aliphatic heterocycles. The van der Waals surface area contributed by atoms with Gasteiger partial charge in [0.25, 0.3) is 0 Å². The van der Waals surface area contributed by atoms with E-state index in [1.54, 1.807) is 6.20 Å². The normalized spacial score (nSPS) is 15.3. The molecule has 0 atom stereocenters. The van der Waals surface area contributed by atoms with Crippen LogP contribution in [0.5, 0.6) is 0 Å². The van der Waals surface area contributed by atoms with Crippen LogP contribution in [0.3, 0.4) is 0 Å². The van der Waals surface area contributed by atoms with Gasteiger partial charge in [0.1, 0.15) is 0 Å². The number of hydrogen-bond acceptors (Lipinski definition) is 4. The summed E-state index contributed by atoms with van der Waals surface area (Å²) in [6, 6.07) is 9.90. The number of aryl methyl sites for hydroxylation is 1. The first-order valence-electron chi connectivity index (χ1n) is 8.18. The summed E-state index contributed by atoms with van der Waals surface area (Å²) >= 11 is 3.45. The molecule has 2 heterocycles. The molecule has 1 aromatic heterocycles. The maximum absolute atomic E-state index is 12.4. The van der Waals surface area contributed by atoms with Crippen molar-refractivity contribution in [3.05, 3.63) is 52.3 Å². The van der Waals surface area contributed by atoms with E-state index < -0.39 is 0 Å². The van der Waals surface area contributed by atoms with Crippen molar-refractivity contribution in [1.29, 1.82) is 0 Å². The van der Waals surface area contributed by atoms with Crippen molar-refractivity contribution < 1.29 is 4.79 Å². The molecule has 24 heavy (non-hydrogen) atoms. The molecule has 1 aromatic carbocycles. The average Bonchev–Trinajstić information content (AvgIpc) is 2.60. The van der Waals surface area contributed by atoms with E-state index in [9.17, 15) is 4.79 Å². The van der Waals surface area contributed by atoms with Crippen LogP contribution in [0.25, 0.3) is 0 Å². The number of hydrogen-bond donors (Lipinski definition) is 1. The Balaban J connectivity index is 1.50. The van der Waals surface area contributed by atoms with E-state index in [2.05, 4.69) is 36.1 Å². The highest BCUT2D eigenvalue weighted by atomic mass is 79.9. The van der Waals surface area contributed by atoms with Gasteiger partial charge in [0.2, 0.25) is 11.9 Å². The predicted molar refractivity (Wildman–Crippen MR) is 97.7 cm³/mol. The summed E-state index contributed by atoms with van der Waals surface area (Å²) in [4.78, 5) is 23.3. The maximum atomic E-state index is 12.4. The lowest BCUT2D eigenvalue weighted by Gasteiger charge is -2.31. The van der Waals surface area contributed by atoms with Gasteiger partial charge in [-0.05, 0) is 43.5 Å². The lowest BCUT2D eigenvalue weighted by molar-refractivity contribution is -0.125. The van der Waals surface area contributed by atoms with Crippen LogP contribution in [0.4, 0.5) is 5.95 Å². The summed E-state index contributed by atoms with van der Waals surface area (Å²) in [5.41, 5.74) is 2.07. The summed E-state index contributed by atoms with van der Waals surface area (Å²) in [7, 11) is 0. The van der Waals surface area contributed by atoms with Crippen molar-refractivity contribution in [3.8, 4) is 0 Å². The Kier molecular flexibility index (Phi) is 5.45. The standard InChI is InChI=1S/C18H21BrN4O/c1-13-5-8-20-18(22-13)23-9-6-15(7-10-23)17(24)21-12-14-3-2-4-16(19)11-14/h2-5,8,11,15H,6-7,9-10,12H2,1H3,(H,21,24). The Bertz CT molecular complexity index is 714. The first-order valence-corrected chi connectivity index (χ1v) is 8.98. The van der Waals surface area contributed by atoms with Gasteiger partial charge < -0.3 is 10.2 Å². The zero-order chi connectivity index (χ0) is 16.9. The molecule has 0 aliphatic carbocycles. The molecule has 1 N–H and O–H groups in total. The monoisotopic (exact) mass is 388 g/mol. The Morgan fingerprint density at radius 1 is 1.33 bits per heavy atom. The number of amides is 1. The van der Waals surface area contributed by atoms with E-state index >= 15 is 0 Å². The Morgan fingerprint density at radius 3 is 2.83 bits per heavy atom. The molecule has 0 spiro atoms. The van der Waals surface area contributed by atoms with Gasteiger partial charge in [-0.1, -0.05) is 28.1 Å². The lowest BCUT2D eigenvalue weighted by Crippen LogP contribution is -2.41. The van der Waals surface area contributed by atoms with Crippen molar-refractivity contribution in [2.45, 2.75) is 26.3 Å². The van der Waals surface area contributed by atoms with E-state index in [4.69, 9.17) is 0 Å². The topological polar surface area (TPSA) is 58.1 Å². The van der Waals surface area contributed by atoms with Crippen LogP contribution in [-0.4, -0.2) is 29.0 Å². The summed E-state index contributed by atoms with van der Waals surface area (Å²) in [5, 5.41) is 3.05. The second-order valence-electron chi connectivity index (χ2n) is 6.11. The third kappa shape index (κ3) is 4.32. The Morgan fingerprint density at radius 2 is 2.12 bits per heavy atom. The maximum Gasteiger partial charge on any atom is 0.225 e. The molecule has 5 nitrogen and oxygen atoms in total. The number of benzene rings is 1. The Hall–Kier alpha value is -1.95. The fourth-order valence-electron chi connectivity index (χ4n) is 2.91. The number of carbonyl (C=O) groups excluding carboxylic acids is 1. The number of nitrogens with zero attached hydrogens (tertiary/aromatic N) is 3. The molecule has 0 unspecified atom stereocenters. The van der Waals surface area contributed by atoms with E-state index in [0.29, 0.717) is 6.54 Å². The van der Waals surface area contributed by atoms with E-state index in [-0.39, 0.29) is 11.8 Å². The predicted octanol–water partition coefficient (Wildman–Crippen LogP) is 3.08. The average molecular weight is 389 g/mol. The van der Waals surface area contributed by atoms with Crippen LogP contribution in [-0.2, 0) is 11.3 Å². The highest BCUT2D eigenvalue weighted by molar-refractivity contribution is 9.10. The number of piperidine rings is 1. The molecule has 1 amide bonds. The number of aromatic nitrogens is 2. The molecule has 2 aromatic rings. The van der Waals surface area contributed by atoms with Gasteiger partial charge in [0.05, 0.1) is 0 Å². The van der Waals surface area contributed by atoms with Crippen LogP contribution in [0.1, 0.15) is 24.1 Å². The van der Waals surface area contributed by atoms with Gasteiger partial charge in [-0.25, -0.2) is 9.97 Å². The zero-order valence-electron chi connectivity index (χ0n) is 13.7. The molecule has 1 fully saturated rings. The van der Waals surface area contributed by atoms with Crippen LogP contribution < -0.4 is 10.2 Å². The number of halogens is 1. The van der Waals surface area contributed by atoms with E-state index in [1.807, 2.05) is 37.3 Å². The molecule has 3 rings (SSSR count). The van der Waals surface area contributed by atoms with Crippen molar-refractivity contribution >= 4 is 27.8 Å². The van der Waals surface area contributed by atoms with E-state index in [1.165, 1.54) is 0 Å². The molecule has 6 heteroatoms. The van der Waals surface area contributed by atoms with Crippen molar-refractivity contribution in [2.75, 3.05) is 18.0 Å².